The van der Waals surface area contributed by atoms with Gasteiger partial charge in [-0.3, -0.25) is 19.5 Å². The highest BCUT2D eigenvalue weighted by molar-refractivity contribution is 9.10. The average Bonchev–Trinajstić information content (AvgIpc) is 3.52. The lowest BCUT2D eigenvalue weighted by Crippen LogP contribution is -2.39. The van der Waals surface area contributed by atoms with Crippen molar-refractivity contribution in [2.24, 2.45) is 4.99 Å². The molecular formula is C30H26BrN3O6S. The zero-order chi connectivity index (χ0) is 29.4. The molecule has 11 heteroatoms. The fourth-order valence-corrected chi connectivity index (χ4v) is 6.11. The monoisotopic (exact) mass is 635 g/mol. The summed E-state index contributed by atoms with van der Waals surface area (Å²) in [4.78, 5) is 43.1. The van der Waals surface area contributed by atoms with Gasteiger partial charge in [-0.1, -0.05) is 65.4 Å². The van der Waals surface area contributed by atoms with E-state index in [1.807, 2.05) is 24.3 Å². The van der Waals surface area contributed by atoms with Gasteiger partial charge in [0.1, 0.15) is 11.5 Å². The molecule has 0 radical (unpaired) electrons. The lowest BCUT2D eigenvalue weighted by Gasteiger charge is -2.25. The van der Waals surface area contributed by atoms with Crippen LogP contribution in [0.4, 0.5) is 5.69 Å². The van der Waals surface area contributed by atoms with E-state index in [-0.39, 0.29) is 17.9 Å². The molecule has 0 bridgehead atoms. The number of hydrogen-bond acceptors (Lipinski definition) is 8. The van der Waals surface area contributed by atoms with Gasteiger partial charge in [-0.05, 0) is 55.2 Å². The average molecular weight is 637 g/mol. The Hall–Kier alpha value is -4.09. The molecule has 1 aliphatic rings. The van der Waals surface area contributed by atoms with Crippen molar-refractivity contribution in [2.75, 3.05) is 6.61 Å². The molecule has 2 aromatic heterocycles. The molecule has 4 aromatic rings. The summed E-state index contributed by atoms with van der Waals surface area (Å²) in [5, 5.41) is 11.6. The molecule has 0 unspecified atom stereocenters. The maximum Gasteiger partial charge on any atom is 0.338 e. The fraction of sp³-hybridized carbons (Fsp3) is 0.233. The summed E-state index contributed by atoms with van der Waals surface area (Å²) >= 11 is 4.44. The number of thiazole rings is 1. The Kier molecular flexibility index (Phi) is 7.92. The number of carbonyl (C=O) groups excluding carboxylic acids is 1. The molecule has 0 N–H and O–H groups in total. The number of ether oxygens (including phenoxy) is 1. The maximum absolute atomic E-state index is 13.8. The number of allylic oxidation sites excluding steroid dienone is 1. The number of rotatable bonds is 7. The second-order valence-corrected chi connectivity index (χ2v) is 11.7. The zero-order valence-electron chi connectivity index (χ0n) is 22.7. The van der Waals surface area contributed by atoms with Crippen molar-refractivity contribution in [1.29, 1.82) is 0 Å². The minimum Gasteiger partial charge on any atom is -0.463 e. The third-order valence-corrected chi connectivity index (χ3v) is 8.23. The Morgan fingerprint density at radius 2 is 1.95 bits per heavy atom. The first kappa shape index (κ1) is 28.4. The van der Waals surface area contributed by atoms with Crippen LogP contribution in [0.15, 0.2) is 84.5 Å². The minimum absolute atomic E-state index is 0.106. The number of furan rings is 1. The van der Waals surface area contributed by atoms with Crippen LogP contribution in [0.2, 0.25) is 0 Å². The number of hydrogen-bond donors (Lipinski definition) is 0. The predicted molar refractivity (Wildman–Crippen MR) is 159 cm³/mol. The Balaban J connectivity index is 1.63. The number of nitrogens with zero attached hydrogens (tertiary/aromatic N) is 3. The minimum atomic E-state index is -0.716. The number of nitro benzene ring substituents is 1. The van der Waals surface area contributed by atoms with Crippen LogP contribution in [0, 0.1) is 10.1 Å². The summed E-state index contributed by atoms with van der Waals surface area (Å²) < 4.78 is 13.7. The number of halogens is 1. The van der Waals surface area contributed by atoms with Gasteiger partial charge in [0, 0.05) is 16.6 Å². The molecule has 2 aromatic carbocycles. The second kappa shape index (κ2) is 11.4. The van der Waals surface area contributed by atoms with E-state index in [2.05, 4.69) is 34.8 Å². The molecule has 0 saturated heterocycles. The smallest absolute Gasteiger partial charge is 0.338 e. The van der Waals surface area contributed by atoms with Crippen LogP contribution >= 0.6 is 27.3 Å². The lowest BCUT2D eigenvalue weighted by molar-refractivity contribution is -0.384. The molecule has 1 atom stereocenters. The quantitative estimate of drug-likeness (QED) is 0.143. The number of aromatic nitrogens is 1. The van der Waals surface area contributed by atoms with Crippen molar-refractivity contribution < 1.29 is 18.9 Å². The molecule has 9 nitrogen and oxygen atoms in total. The van der Waals surface area contributed by atoms with Crippen LogP contribution in [0.5, 0.6) is 0 Å². The van der Waals surface area contributed by atoms with Gasteiger partial charge >= 0.3 is 5.97 Å². The maximum atomic E-state index is 13.8. The molecule has 210 valence electrons. The Morgan fingerprint density at radius 1 is 1.22 bits per heavy atom. The molecule has 0 amide bonds. The van der Waals surface area contributed by atoms with Crippen molar-refractivity contribution in [3.63, 3.8) is 0 Å². The van der Waals surface area contributed by atoms with Gasteiger partial charge in [-0.15, -0.1) is 0 Å². The highest BCUT2D eigenvalue weighted by atomic mass is 79.9. The molecule has 3 heterocycles. The summed E-state index contributed by atoms with van der Waals surface area (Å²) in [7, 11) is 0. The number of nitro groups is 1. The van der Waals surface area contributed by atoms with Crippen LogP contribution in [-0.4, -0.2) is 22.1 Å². The Bertz CT molecular complexity index is 1880. The van der Waals surface area contributed by atoms with Gasteiger partial charge in [0.25, 0.3) is 11.2 Å². The van der Waals surface area contributed by atoms with E-state index in [4.69, 9.17) is 9.15 Å². The van der Waals surface area contributed by atoms with Crippen LogP contribution < -0.4 is 14.9 Å². The number of benzene rings is 2. The fourth-order valence-electron chi connectivity index (χ4n) is 4.74. The molecule has 41 heavy (non-hydrogen) atoms. The summed E-state index contributed by atoms with van der Waals surface area (Å²) in [6, 6.07) is 15.1. The van der Waals surface area contributed by atoms with E-state index in [9.17, 15) is 19.7 Å². The van der Waals surface area contributed by atoms with Gasteiger partial charge in [0.2, 0.25) is 0 Å². The van der Waals surface area contributed by atoms with Gasteiger partial charge < -0.3 is 9.15 Å². The molecule has 0 saturated carbocycles. The van der Waals surface area contributed by atoms with Crippen LogP contribution in [0.3, 0.4) is 0 Å². The van der Waals surface area contributed by atoms with E-state index < -0.39 is 16.9 Å². The molecular weight excluding hydrogens is 610 g/mol. The first-order valence-electron chi connectivity index (χ1n) is 12.9. The molecule has 5 rings (SSSR count). The summed E-state index contributed by atoms with van der Waals surface area (Å²) in [6.45, 7) is 7.86. The van der Waals surface area contributed by atoms with Crippen LogP contribution in [0.1, 0.15) is 56.5 Å². The zero-order valence-corrected chi connectivity index (χ0v) is 25.1. The summed E-state index contributed by atoms with van der Waals surface area (Å²) in [5.74, 6) is 0.450. The van der Waals surface area contributed by atoms with Gasteiger partial charge in [-0.2, -0.15) is 0 Å². The SMILES string of the molecule is CCOC(=O)C1=C(C)N=c2s/c(=C\c3ccc(-c4ccc(Br)cc4[N+](=O)[O-])o3)c(=O)n2[C@H]1c1ccc(C(C)C)cc1. The number of fused-ring (bicyclic) bond motifs is 1. The van der Waals surface area contributed by atoms with Gasteiger partial charge in [0.05, 0.1) is 38.9 Å². The van der Waals surface area contributed by atoms with Gasteiger partial charge in [-0.25, -0.2) is 9.79 Å². The van der Waals surface area contributed by atoms with E-state index in [1.54, 1.807) is 44.2 Å². The second-order valence-electron chi connectivity index (χ2n) is 9.74. The van der Waals surface area contributed by atoms with Crippen molar-refractivity contribution in [1.82, 2.24) is 4.57 Å². The molecule has 1 aliphatic heterocycles. The van der Waals surface area contributed by atoms with Crippen LogP contribution in [0.25, 0.3) is 17.4 Å². The van der Waals surface area contributed by atoms with E-state index in [0.29, 0.717) is 48.1 Å². The van der Waals surface area contributed by atoms with Crippen molar-refractivity contribution in [3.8, 4) is 11.3 Å². The summed E-state index contributed by atoms with van der Waals surface area (Å²) in [6.07, 6.45) is 1.58. The van der Waals surface area contributed by atoms with E-state index >= 15 is 0 Å². The third-order valence-electron chi connectivity index (χ3n) is 6.76. The highest BCUT2D eigenvalue weighted by Gasteiger charge is 2.33. The first-order chi connectivity index (χ1) is 19.6. The standard InChI is InChI=1S/C30H26BrN3O6S/c1-5-39-29(36)26-17(4)32-30-33(27(26)19-8-6-18(7-9-19)16(2)3)28(35)25(41-30)15-21-11-13-24(40-21)22-12-10-20(31)14-23(22)34(37)38/h6-16,27H,5H2,1-4H3/b25-15-/t27-/m0/s1. The van der Waals surface area contributed by atoms with E-state index in [0.717, 1.165) is 11.1 Å². The largest absolute Gasteiger partial charge is 0.463 e. The van der Waals surface area contributed by atoms with Crippen molar-refractivity contribution in [2.45, 2.75) is 39.7 Å². The predicted octanol–water partition coefficient (Wildman–Crippen LogP) is 5.85. The number of carbonyl (C=O) groups is 1. The van der Waals surface area contributed by atoms with E-state index in [1.165, 1.54) is 22.0 Å². The Morgan fingerprint density at radius 3 is 2.61 bits per heavy atom. The Labute approximate surface area is 247 Å². The molecule has 0 fully saturated rings. The third kappa shape index (κ3) is 5.47. The number of esters is 1. The van der Waals surface area contributed by atoms with Crippen molar-refractivity contribution >= 4 is 45.0 Å². The van der Waals surface area contributed by atoms with Crippen LogP contribution in [-0.2, 0) is 9.53 Å². The van der Waals surface area contributed by atoms with Gasteiger partial charge in [0.15, 0.2) is 4.80 Å². The molecule has 0 aliphatic carbocycles. The van der Waals surface area contributed by atoms with Crippen molar-refractivity contribution in [3.05, 3.63) is 117 Å². The highest BCUT2D eigenvalue weighted by Crippen LogP contribution is 2.34. The lowest BCUT2D eigenvalue weighted by atomic mass is 9.93. The summed E-state index contributed by atoms with van der Waals surface area (Å²) in [5.41, 5.74) is 2.57. The normalized spacial score (nSPS) is 15.2. The first-order valence-corrected chi connectivity index (χ1v) is 14.5. The topological polar surface area (TPSA) is 117 Å². The molecule has 0 spiro atoms.